The first-order chi connectivity index (χ1) is 13.9. The predicted octanol–water partition coefficient (Wildman–Crippen LogP) is 4.27. The Balaban J connectivity index is 1.67. The van der Waals surface area contributed by atoms with Gasteiger partial charge in [-0.3, -0.25) is 19.7 Å². The van der Waals surface area contributed by atoms with Crippen LogP contribution in [-0.4, -0.2) is 21.9 Å². The highest BCUT2D eigenvalue weighted by molar-refractivity contribution is 6.04. The van der Waals surface area contributed by atoms with Gasteiger partial charge in [-0.2, -0.15) is 0 Å². The van der Waals surface area contributed by atoms with Gasteiger partial charge in [0, 0.05) is 23.4 Å². The third kappa shape index (κ3) is 5.39. The standard InChI is InChI=1S/C21H16N2O6/c24-20(25)12-14-4-6-16(7-5-14)22-21(26)15-2-1-3-19(13-15)29-18-10-8-17(9-11-18)23(27)28/h1-11,13H,12H2,(H,22,26)(H,24,25). The summed E-state index contributed by atoms with van der Waals surface area (Å²) in [5, 5.41) is 22.2. The highest BCUT2D eigenvalue weighted by atomic mass is 16.6. The van der Waals surface area contributed by atoms with Gasteiger partial charge in [-0.05, 0) is 48.0 Å². The van der Waals surface area contributed by atoms with Gasteiger partial charge in [0.15, 0.2) is 0 Å². The number of non-ortho nitro benzene ring substituents is 1. The molecule has 0 saturated heterocycles. The fraction of sp³-hybridized carbons (Fsp3) is 0.0476. The second-order valence-electron chi connectivity index (χ2n) is 6.10. The zero-order chi connectivity index (χ0) is 20.8. The van der Waals surface area contributed by atoms with Gasteiger partial charge < -0.3 is 15.2 Å². The summed E-state index contributed by atoms with van der Waals surface area (Å²) >= 11 is 0. The summed E-state index contributed by atoms with van der Waals surface area (Å²) in [5.74, 6) is -0.470. The van der Waals surface area contributed by atoms with E-state index in [9.17, 15) is 19.7 Å². The Hall–Kier alpha value is -4.20. The smallest absolute Gasteiger partial charge is 0.307 e. The van der Waals surface area contributed by atoms with E-state index in [4.69, 9.17) is 9.84 Å². The summed E-state index contributed by atoms with van der Waals surface area (Å²) in [4.78, 5) is 33.4. The number of carboxylic acid groups (broad SMARTS) is 1. The lowest BCUT2D eigenvalue weighted by atomic mass is 10.1. The molecule has 0 aromatic heterocycles. The van der Waals surface area contributed by atoms with Crippen LogP contribution in [0.3, 0.4) is 0 Å². The van der Waals surface area contributed by atoms with Crippen molar-refractivity contribution in [3.63, 3.8) is 0 Å². The van der Waals surface area contributed by atoms with E-state index in [-0.39, 0.29) is 18.0 Å². The van der Waals surface area contributed by atoms with E-state index in [1.807, 2.05) is 0 Å². The second kappa shape index (κ2) is 8.66. The van der Waals surface area contributed by atoms with Crippen molar-refractivity contribution in [2.45, 2.75) is 6.42 Å². The van der Waals surface area contributed by atoms with Gasteiger partial charge in [0.05, 0.1) is 11.3 Å². The molecule has 0 unspecified atom stereocenters. The number of amides is 1. The zero-order valence-corrected chi connectivity index (χ0v) is 15.1. The number of nitro benzene ring substituents is 1. The van der Waals surface area contributed by atoms with E-state index in [0.717, 1.165) is 0 Å². The van der Waals surface area contributed by atoms with Gasteiger partial charge in [0.1, 0.15) is 11.5 Å². The molecule has 0 aliphatic rings. The predicted molar refractivity (Wildman–Crippen MR) is 105 cm³/mol. The summed E-state index contributed by atoms with van der Waals surface area (Å²) in [6.07, 6.45) is -0.0870. The van der Waals surface area contributed by atoms with Crippen LogP contribution in [-0.2, 0) is 11.2 Å². The number of nitro groups is 1. The van der Waals surface area contributed by atoms with Gasteiger partial charge in [-0.15, -0.1) is 0 Å². The SMILES string of the molecule is O=C(O)Cc1ccc(NC(=O)c2cccc(Oc3ccc([N+](=O)[O-])cc3)c2)cc1. The number of nitrogens with one attached hydrogen (secondary N) is 1. The Morgan fingerprint density at radius 1 is 0.966 bits per heavy atom. The molecule has 0 radical (unpaired) electrons. The molecule has 3 aromatic carbocycles. The van der Waals surface area contributed by atoms with Gasteiger partial charge in [-0.1, -0.05) is 18.2 Å². The Labute approximate surface area is 165 Å². The molecule has 0 atom stereocenters. The quantitative estimate of drug-likeness (QED) is 0.458. The molecule has 146 valence electrons. The van der Waals surface area contributed by atoms with Crippen molar-refractivity contribution in [2.24, 2.45) is 0 Å². The van der Waals surface area contributed by atoms with E-state index in [1.165, 1.54) is 24.3 Å². The molecule has 29 heavy (non-hydrogen) atoms. The minimum Gasteiger partial charge on any atom is -0.481 e. The number of carbonyl (C=O) groups is 2. The lowest BCUT2D eigenvalue weighted by molar-refractivity contribution is -0.384. The molecule has 3 rings (SSSR count). The highest BCUT2D eigenvalue weighted by Crippen LogP contribution is 2.25. The van der Waals surface area contributed by atoms with Crippen molar-refractivity contribution in [1.82, 2.24) is 0 Å². The lowest BCUT2D eigenvalue weighted by Crippen LogP contribution is -2.12. The number of anilines is 1. The number of benzene rings is 3. The summed E-state index contributed by atoms with van der Waals surface area (Å²) < 4.78 is 5.65. The number of rotatable bonds is 7. The van der Waals surface area contributed by atoms with Crippen LogP contribution in [0.1, 0.15) is 15.9 Å². The molecule has 0 spiro atoms. The monoisotopic (exact) mass is 392 g/mol. The topological polar surface area (TPSA) is 119 Å². The Kier molecular flexibility index (Phi) is 5.84. The minimum atomic E-state index is -0.924. The van der Waals surface area contributed by atoms with Crippen LogP contribution in [0.25, 0.3) is 0 Å². The Morgan fingerprint density at radius 2 is 1.66 bits per heavy atom. The summed E-state index contributed by atoms with van der Waals surface area (Å²) in [6.45, 7) is 0. The number of aliphatic carboxylic acids is 1. The van der Waals surface area contributed by atoms with Gasteiger partial charge in [0.2, 0.25) is 0 Å². The van der Waals surface area contributed by atoms with Crippen LogP contribution >= 0.6 is 0 Å². The van der Waals surface area contributed by atoms with Gasteiger partial charge in [0.25, 0.3) is 11.6 Å². The molecule has 2 N–H and O–H groups in total. The Bertz CT molecular complexity index is 1050. The summed E-state index contributed by atoms with van der Waals surface area (Å²) in [5.41, 5.74) is 1.48. The largest absolute Gasteiger partial charge is 0.481 e. The average Bonchev–Trinajstić information content (AvgIpc) is 2.70. The molecule has 3 aromatic rings. The first kappa shape index (κ1) is 19.6. The van der Waals surface area contributed by atoms with E-state index < -0.39 is 10.9 Å². The van der Waals surface area contributed by atoms with E-state index in [1.54, 1.807) is 48.5 Å². The normalized spacial score (nSPS) is 10.2. The number of hydrogen-bond donors (Lipinski definition) is 2. The Morgan fingerprint density at radius 3 is 2.28 bits per heavy atom. The third-order valence-electron chi connectivity index (χ3n) is 3.95. The summed E-state index contributed by atoms with van der Waals surface area (Å²) in [7, 11) is 0. The average molecular weight is 392 g/mol. The minimum absolute atomic E-state index is 0.0418. The fourth-order valence-corrected chi connectivity index (χ4v) is 2.56. The van der Waals surface area contributed by atoms with Crippen LogP contribution < -0.4 is 10.1 Å². The number of carboxylic acids is 1. The van der Waals surface area contributed by atoms with Crippen molar-refractivity contribution in [3.05, 3.63) is 94.0 Å². The van der Waals surface area contributed by atoms with Crippen LogP contribution in [0.5, 0.6) is 11.5 Å². The maximum absolute atomic E-state index is 12.5. The third-order valence-corrected chi connectivity index (χ3v) is 3.95. The van der Waals surface area contributed by atoms with Crippen LogP contribution in [0, 0.1) is 10.1 Å². The lowest BCUT2D eigenvalue weighted by Gasteiger charge is -2.09. The molecule has 0 heterocycles. The molecular formula is C21H16N2O6. The van der Waals surface area contributed by atoms with Crippen molar-refractivity contribution in [1.29, 1.82) is 0 Å². The van der Waals surface area contributed by atoms with Crippen molar-refractivity contribution in [3.8, 4) is 11.5 Å². The molecule has 0 bridgehead atoms. The second-order valence-corrected chi connectivity index (χ2v) is 6.10. The van der Waals surface area contributed by atoms with Gasteiger partial charge >= 0.3 is 5.97 Å². The van der Waals surface area contributed by atoms with Crippen LogP contribution in [0.15, 0.2) is 72.8 Å². The van der Waals surface area contributed by atoms with Crippen LogP contribution in [0.2, 0.25) is 0 Å². The van der Waals surface area contributed by atoms with Crippen LogP contribution in [0.4, 0.5) is 11.4 Å². The first-order valence-corrected chi connectivity index (χ1v) is 8.55. The maximum Gasteiger partial charge on any atom is 0.307 e. The maximum atomic E-state index is 12.5. The van der Waals surface area contributed by atoms with E-state index in [0.29, 0.717) is 28.3 Å². The molecule has 8 heteroatoms. The van der Waals surface area contributed by atoms with Gasteiger partial charge in [-0.25, -0.2) is 0 Å². The summed E-state index contributed by atoms with van der Waals surface area (Å²) in [6, 6.07) is 18.7. The molecular weight excluding hydrogens is 376 g/mol. The van der Waals surface area contributed by atoms with Crippen molar-refractivity contribution < 1.29 is 24.4 Å². The molecule has 0 saturated carbocycles. The molecule has 0 aliphatic carbocycles. The fourth-order valence-electron chi connectivity index (χ4n) is 2.56. The molecule has 0 fully saturated rings. The number of ether oxygens (including phenoxy) is 1. The molecule has 0 aliphatic heterocycles. The number of hydrogen-bond acceptors (Lipinski definition) is 5. The van der Waals surface area contributed by atoms with Crippen molar-refractivity contribution in [2.75, 3.05) is 5.32 Å². The number of nitrogens with zero attached hydrogens (tertiary/aromatic N) is 1. The zero-order valence-electron chi connectivity index (χ0n) is 15.1. The number of carbonyl (C=O) groups excluding carboxylic acids is 1. The molecule has 1 amide bonds. The van der Waals surface area contributed by atoms with Crippen molar-refractivity contribution >= 4 is 23.3 Å². The van der Waals surface area contributed by atoms with E-state index in [2.05, 4.69) is 5.32 Å². The first-order valence-electron chi connectivity index (χ1n) is 8.55. The highest BCUT2D eigenvalue weighted by Gasteiger charge is 2.10. The molecule has 8 nitrogen and oxygen atoms in total. The van der Waals surface area contributed by atoms with E-state index >= 15 is 0 Å².